The molecule has 25 heavy (non-hydrogen) atoms. The number of rotatable bonds is 6. The van der Waals surface area contributed by atoms with Gasteiger partial charge in [0.2, 0.25) is 0 Å². The van der Waals surface area contributed by atoms with E-state index in [1.54, 1.807) is 29.2 Å². The number of amides is 1. The third kappa shape index (κ3) is 4.67. The van der Waals surface area contributed by atoms with Gasteiger partial charge in [-0.25, -0.2) is 4.79 Å². The van der Waals surface area contributed by atoms with Crippen molar-refractivity contribution >= 4 is 39.3 Å². The summed E-state index contributed by atoms with van der Waals surface area (Å²) in [6.45, 7) is 1.31. The first-order chi connectivity index (χ1) is 12.2. The minimum absolute atomic E-state index is 0.382. The van der Waals surface area contributed by atoms with Gasteiger partial charge < -0.3 is 9.47 Å². The molecule has 0 atom stereocenters. The first kappa shape index (κ1) is 18.1. The molecule has 0 aromatic heterocycles. The van der Waals surface area contributed by atoms with E-state index < -0.39 is 0 Å². The van der Waals surface area contributed by atoms with Crippen molar-refractivity contribution in [1.29, 1.82) is 0 Å². The number of nitrogens with zero attached hydrogens (tertiary/aromatic N) is 1. The van der Waals surface area contributed by atoms with Gasteiger partial charge in [0.25, 0.3) is 0 Å². The Balaban J connectivity index is 1.63. The van der Waals surface area contributed by atoms with E-state index in [9.17, 15) is 4.79 Å². The Morgan fingerprint density at radius 2 is 1.88 bits per heavy atom. The van der Waals surface area contributed by atoms with E-state index >= 15 is 0 Å². The molecule has 0 unspecified atom stereocenters. The normalized spacial score (nSPS) is 12.8. The quantitative estimate of drug-likeness (QED) is 0.457. The topological polar surface area (TPSA) is 38.8 Å². The lowest BCUT2D eigenvalue weighted by molar-refractivity contribution is 0.208. The van der Waals surface area contributed by atoms with Crippen LogP contribution in [0.4, 0.5) is 10.5 Å². The Labute approximate surface area is 160 Å². The van der Waals surface area contributed by atoms with Crippen LogP contribution in [0.5, 0.6) is 11.5 Å². The highest BCUT2D eigenvalue weighted by molar-refractivity contribution is 9.09. The van der Waals surface area contributed by atoms with E-state index in [0.29, 0.717) is 23.9 Å². The Bertz CT molecular complexity index is 736. The summed E-state index contributed by atoms with van der Waals surface area (Å²) in [5.41, 5.74) is 1.98. The first-order valence-electron chi connectivity index (χ1n) is 8.24. The number of anilines is 1. The minimum atomic E-state index is -0.382. The Kier molecular flexibility index (Phi) is 6.21. The molecule has 0 bridgehead atoms. The van der Waals surface area contributed by atoms with E-state index in [1.165, 1.54) is 0 Å². The highest BCUT2D eigenvalue weighted by atomic mass is 79.9. The van der Waals surface area contributed by atoms with E-state index in [0.717, 1.165) is 41.6 Å². The third-order valence-corrected chi connectivity index (χ3v) is 4.80. The fourth-order valence-corrected chi connectivity index (χ4v) is 3.23. The molecule has 0 spiro atoms. The molecule has 0 saturated carbocycles. The van der Waals surface area contributed by atoms with E-state index in [-0.39, 0.29) is 6.09 Å². The van der Waals surface area contributed by atoms with E-state index in [4.69, 9.17) is 21.1 Å². The molecule has 0 saturated heterocycles. The number of ether oxygens (including phenoxy) is 2. The highest BCUT2D eigenvalue weighted by Crippen LogP contribution is 2.32. The summed E-state index contributed by atoms with van der Waals surface area (Å²) in [7, 11) is 0. The minimum Gasteiger partial charge on any atom is -0.494 e. The van der Waals surface area contributed by atoms with Crippen LogP contribution in [0.3, 0.4) is 0 Å². The van der Waals surface area contributed by atoms with Gasteiger partial charge in [0.1, 0.15) is 11.5 Å². The summed E-state index contributed by atoms with van der Waals surface area (Å²) in [6, 6.07) is 12.6. The van der Waals surface area contributed by atoms with Gasteiger partial charge in [-0.1, -0.05) is 27.5 Å². The number of halogens is 2. The second-order valence-corrected chi connectivity index (χ2v) is 6.99. The van der Waals surface area contributed by atoms with Crippen molar-refractivity contribution in [2.45, 2.75) is 19.3 Å². The number of fused-ring (bicyclic) bond motifs is 1. The van der Waals surface area contributed by atoms with Crippen LogP contribution in [0.2, 0.25) is 5.02 Å². The number of carbonyl (C=O) groups excluding carboxylic acids is 1. The van der Waals surface area contributed by atoms with Gasteiger partial charge >= 0.3 is 6.09 Å². The molecule has 2 aromatic rings. The van der Waals surface area contributed by atoms with Crippen LogP contribution in [-0.2, 0) is 6.42 Å². The lowest BCUT2D eigenvalue weighted by atomic mass is 10.1. The zero-order valence-corrected chi connectivity index (χ0v) is 16.1. The van der Waals surface area contributed by atoms with Crippen LogP contribution in [0.15, 0.2) is 42.5 Å². The second-order valence-electron chi connectivity index (χ2n) is 5.76. The van der Waals surface area contributed by atoms with Crippen molar-refractivity contribution < 1.29 is 14.3 Å². The first-order valence-corrected chi connectivity index (χ1v) is 9.74. The molecule has 132 valence electrons. The molecule has 1 heterocycles. The molecule has 1 aliphatic heterocycles. The van der Waals surface area contributed by atoms with Gasteiger partial charge in [0, 0.05) is 16.9 Å². The summed E-state index contributed by atoms with van der Waals surface area (Å²) in [4.78, 5) is 14.1. The lowest BCUT2D eigenvalue weighted by Crippen LogP contribution is -2.31. The van der Waals surface area contributed by atoms with Gasteiger partial charge in [-0.15, -0.1) is 0 Å². The fourth-order valence-electron chi connectivity index (χ4n) is 2.70. The van der Waals surface area contributed by atoms with Gasteiger partial charge in [-0.05, 0) is 67.3 Å². The third-order valence-electron chi connectivity index (χ3n) is 3.98. The van der Waals surface area contributed by atoms with Crippen molar-refractivity contribution in [2.75, 3.05) is 23.4 Å². The number of alkyl halides is 1. The van der Waals surface area contributed by atoms with Crippen molar-refractivity contribution in [3.05, 3.63) is 53.1 Å². The molecule has 4 nitrogen and oxygen atoms in total. The van der Waals surface area contributed by atoms with Crippen LogP contribution in [-0.4, -0.2) is 24.6 Å². The van der Waals surface area contributed by atoms with Crippen molar-refractivity contribution in [3.63, 3.8) is 0 Å². The lowest BCUT2D eigenvalue weighted by Gasteiger charge is -2.17. The second kappa shape index (κ2) is 8.59. The predicted octanol–water partition coefficient (Wildman–Crippen LogP) is 5.46. The summed E-state index contributed by atoms with van der Waals surface area (Å²) < 4.78 is 11.2. The zero-order valence-electron chi connectivity index (χ0n) is 13.7. The maximum atomic E-state index is 12.4. The summed E-state index contributed by atoms with van der Waals surface area (Å²) in [5.74, 6) is 1.33. The number of carbonyl (C=O) groups is 1. The molecule has 0 N–H and O–H groups in total. The van der Waals surface area contributed by atoms with E-state index in [1.807, 2.05) is 18.2 Å². The van der Waals surface area contributed by atoms with Gasteiger partial charge in [-0.3, -0.25) is 4.90 Å². The van der Waals surface area contributed by atoms with Gasteiger partial charge in [0.05, 0.1) is 12.3 Å². The molecular weight excluding hydrogens is 406 g/mol. The number of benzene rings is 2. The van der Waals surface area contributed by atoms with Crippen molar-refractivity contribution in [2.24, 2.45) is 0 Å². The van der Waals surface area contributed by atoms with Gasteiger partial charge in [0.15, 0.2) is 0 Å². The summed E-state index contributed by atoms with van der Waals surface area (Å²) in [5, 5.41) is 1.60. The SMILES string of the molecule is O=C(Oc1ccc(Cl)cc1)N1CCc2cc(OCCCCBr)ccc21. The van der Waals surface area contributed by atoms with Crippen LogP contribution < -0.4 is 14.4 Å². The molecule has 1 amide bonds. The Morgan fingerprint density at radius 1 is 1.12 bits per heavy atom. The fraction of sp³-hybridized carbons (Fsp3) is 0.316. The van der Waals surface area contributed by atoms with Crippen LogP contribution in [0.25, 0.3) is 0 Å². The number of hydrogen-bond acceptors (Lipinski definition) is 3. The average molecular weight is 425 g/mol. The molecule has 0 fully saturated rings. The molecular formula is C19H19BrClNO3. The maximum absolute atomic E-state index is 12.4. The largest absolute Gasteiger partial charge is 0.494 e. The molecule has 2 aromatic carbocycles. The van der Waals surface area contributed by atoms with Crippen molar-refractivity contribution in [3.8, 4) is 11.5 Å². The average Bonchev–Trinajstić information content (AvgIpc) is 3.04. The zero-order chi connectivity index (χ0) is 17.6. The number of hydrogen-bond donors (Lipinski definition) is 0. The molecule has 0 radical (unpaired) electrons. The standard InChI is InChI=1S/C19H19BrClNO3/c20-10-1-2-12-24-17-7-8-18-14(13-17)9-11-22(18)19(23)25-16-5-3-15(21)4-6-16/h3-8,13H,1-2,9-12H2. The van der Waals surface area contributed by atoms with Crippen LogP contribution in [0, 0.1) is 0 Å². The van der Waals surface area contributed by atoms with Crippen molar-refractivity contribution in [1.82, 2.24) is 0 Å². The highest BCUT2D eigenvalue weighted by Gasteiger charge is 2.26. The Hall–Kier alpha value is -1.72. The smallest absolute Gasteiger partial charge is 0.419 e. The number of unbranched alkanes of at least 4 members (excludes halogenated alkanes) is 1. The molecule has 3 rings (SSSR count). The Morgan fingerprint density at radius 3 is 2.64 bits per heavy atom. The van der Waals surface area contributed by atoms with E-state index in [2.05, 4.69) is 15.9 Å². The monoisotopic (exact) mass is 423 g/mol. The molecule has 1 aliphatic rings. The van der Waals surface area contributed by atoms with Gasteiger partial charge in [-0.2, -0.15) is 0 Å². The summed E-state index contributed by atoms with van der Waals surface area (Å²) in [6.07, 6.45) is 2.52. The molecule has 6 heteroatoms. The maximum Gasteiger partial charge on any atom is 0.419 e. The van der Waals surface area contributed by atoms with Crippen LogP contribution in [0.1, 0.15) is 18.4 Å². The van der Waals surface area contributed by atoms with Crippen LogP contribution >= 0.6 is 27.5 Å². The summed E-state index contributed by atoms with van der Waals surface area (Å²) >= 11 is 9.26. The molecule has 0 aliphatic carbocycles. The predicted molar refractivity (Wildman–Crippen MR) is 103 cm³/mol.